The van der Waals surface area contributed by atoms with Gasteiger partial charge in [-0.1, -0.05) is 0 Å². The molecule has 1 N–H and O–H groups in total. The predicted molar refractivity (Wildman–Crippen MR) is 42.1 cm³/mol. The van der Waals surface area contributed by atoms with Crippen molar-refractivity contribution < 1.29 is 18.0 Å². The lowest BCUT2D eigenvalue weighted by Crippen LogP contribution is -2.16. The zero-order chi connectivity index (χ0) is 10.6. The van der Waals surface area contributed by atoms with E-state index in [2.05, 4.69) is 10.3 Å². The van der Waals surface area contributed by atoms with Crippen LogP contribution in [0.2, 0.25) is 0 Å². The maximum absolute atomic E-state index is 12.3. The smallest absolute Gasteiger partial charge is 0.355 e. The number of pyridine rings is 1. The molecule has 1 amide bonds. The van der Waals surface area contributed by atoms with Crippen LogP contribution in [0.1, 0.15) is 11.1 Å². The highest BCUT2D eigenvalue weighted by atomic mass is 19.4. The summed E-state index contributed by atoms with van der Waals surface area (Å²) >= 11 is 0. The molecule has 0 aliphatic heterocycles. The summed E-state index contributed by atoms with van der Waals surface area (Å²) in [5.41, 5.74) is -0.825. The number of carbonyl (C=O) groups is 1. The Labute approximate surface area is 78.0 Å². The van der Waals surface area contributed by atoms with Crippen LogP contribution in [0.15, 0.2) is 18.5 Å². The van der Waals surface area contributed by atoms with Gasteiger partial charge in [0.15, 0.2) is 0 Å². The maximum Gasteiger partial charge on any atom is 0.416 e. The SMILES string of the molecule is O=CNCc1cnccc1C(F)(F)F. The van der Waals surface area contributed by atoms with Gasteiger partial charge < -0.3 is 5.32 Å². The Morgan fingerprint density at radius 1 is 1.50 bits per heavy atom. The number of aromatic nitrogens is 1. The minimum Gasteiger partial charge on any atom is -0.355 e. The Morgan fingerprint density at radius 2 is 2.21 bits per heavy atom. The number of hydrogen-bond acceptors (Lipinski definition) is 2. The van der Waals surface area contributed by atoms with Crippen LogP contribution in [0.25, 0.3) is 0 Å². The first-order valence-corrected chi connectivity index (χ1v) is 3.73. The van der Waals surface area contributed by atoms with Crippen LogP contribution in [0.3, 0.4) is 0 Å². The monoisotopic (exact) mass is 204 g/mol. The van der Waals surface area contributed by atoms with Crippen molar-refractivity contribution in [3.63, 3.8) is 0 Å². The van der Waals surface area contributed by atoms with E-state index in [1.807, 2.05) is 0 Å². The first-order chi connectivity index (χ1) is 6.55. The second-order valence-electron chi connectivity index (χ2n) is 2.53. The molecule has 0 fully saturated rings. The van der Waals surface area contributed by atoms with E-state index < -0.39 is 11.7 Å². The van der Waals surface area contributed by atoms with E-state index in [4.69, 9.17) is 0 Å². The first-order valence-electron chi connectivity index (χ1n) is 3.73. The fourth-order valence-electron chi connectivity index (χ4n) is 0.996. The molecule has 0 aliphatic carbocycles. The van der Waals surface area contributed by atoms with Gasteiger partial charge >= 0.3 is 6.18 Å². The summed E-state index contributed by atoms with van der Waals surface area (Å²) in [6.07, 6.45) is -1.93. The Hall–Kier alpha value is -1.59. The van der Waals surface area contributed by atoms with Gasteiger partial charge in [-0.2, -0.15) is 13.2 Å². The number of nitrogens with one attached hydrogen (secondary N) is 1. The van der Waals surface area contributed by atoms with E-state index in [1.54, 1.807) is 0 Å². The third-order valence-electron chi connectivity index (χ3n) is 1.58. The van der Waals surface area contributed by atoms with E-state index in [0.29, 0.717) is 6.41 Å². The van der Waals surface area contributed by atoms with Gasteiger partial charge in [0.2, 0.25) is 6.41 Å². The zero-order valence-corrected chi connectivity index (χ0v) is 7.01. The van der Waals surface area contributed by atoms with Crippen molar-refractivity contribution in [3.8, 4) is 0 Å². The molecule has 14 heavy (non-hydrogen) atoms. The number of hydrogen-bond donors (Lipinski definition) is 1. The second-order valence-corrected chi connectivity index (χ2v) is 2.53. The molecule has 1 rings (SSSR count). The molecule has 6 heteroatoms. The van der Waals surface area contributed by atoms with Crippen LogP contribution in [0.5, 0.6) is 0 Å². The van der Waals surface area contributed by atoms with Gasteiger partial charge in [0.1, 0.15) is 0 Å². The molecule has 0 atom stereocenters. The van der Waals surface area contributed by atoms with Gasteiger partial charge in [-0.3, -0.25) is 9.78 Å². The summed E-state index contributed by atoms with van der Waals surface area (Å²) in [5.74, 6) is 0. The minimum absolute atomic E-state index is 0.0490. The minimum atomic E-state index is -4.41. The quantitative estimate of drug-likeness (QED) is 0.755. The highest BCUT2D eigenvalue weighted by molar-refractivity contribution is 5.46. The lowest BCUT2D eigenvalue weighted by Gasteiger charge is -2.10. The lowest BCUT2D eigenvalue weighted by atomic mass is 10.1. The van der Waals surface area contributed by atoms with E-state index in [1.165, 1.54) is 0 Å². The summed E-state index contributed by atoms with van der Waals surface area (Å²) in [5, 5.41) is 2.16. The highest BCUT2D eigenvalue weighted by Gasteiger charge is 2.32. The molecule has 1 aromatic heterocycles. The third kappa shape index (κ3) is 2.45. The normalized spacial score (nSPS) is 11.1. The number of rotatable bonds is 3. The van der Waals surface area contributed by atoms with Crippen molar-refractivity contribution in [1.82, 2.24) is 10.3 Å². The van der Waals surface area contributed by atoms with Crippen molar-refractivity contribution in [2.45, 2.75) is 12.7 Å². The number of nitrogens with zero attached hydrogens (tertiary/aromatic N) is 1. The molecule has 0 unspecified atom stereocenters. The Morgan fingerprint density at radius 3 is 2.79 bits per heavy atom. The molecular weight excluding hydrogens is 197 g/mol. The Balaban J connectivity index is 2.97. The van der Waals surface area contributed by atoms with Gasteiger partial charge in [0, 0.05) is 24.5 Å². The van der Waals surface area contributed by atoms with Crippen molar-refractivity contribution in [2.75, 3.05) is 0 Å². The highest BCUT2D eigenvalue weighted by Crippen LogP contribution is 2.31. The topological polar surface area (TPSA) is 42.0 Å². The maximum atomic E-state index is 12.3. The predicted octanol–water partition coefficient (Wildman–Crippen LogP) is 1.35. The van der Waals surface area contributed by atoms with E-state index in [-0.39, 0.29) is 12.1 Å². The molecule has 0 radical (unpaired) electrons. The molecule has 0 saturated carbocycles. The fraction of sp³-hybridized carbons (Fsp3) is 0.250. The third-order valence-corrected chi connectivity index (χ3v) is 1.58. The van der Waals surface area contributed by atoms with E-state index >= 15 is 0 Å². The Bertz CT molecular complexity index is 325. The first kappa shape index (κ1) is 10.5. The van der Waals surface area contributed by atoms with Crippen LogP contribution in [-0.2, 0) is 17.5 Å². The molecule has 1 aromatic rings. The molecule has 1 heterocycles. The number of amides is 1. The van der Waals surface area contributed by atoms with Gasteiger partial charge in [-0.25, -0.2) is 0 Å². The molecule has 0 saturated heterocycles. The van der Waals surface area contributed by atoms with Crippen molar-refractivity contribution in [3.05, 3.63) is 29.6 Å². The summed E-state index contributed by atoms with van der Waals surface area (Å²) < 4.78 is 37.0. The molecule has 3 nitrogen and oxygen atoms in total. The molecule has 76 valence electrons. The van der Waals surface area contributed by atoms with Crippen LogP contribution < -0.4 is 5.32 Å². The van der Waals surface area contributed by atoms with E-state index in [9.17, 15) is 18.0 Å². The van der Waals surface area contributed by atoms with Gasteiger partial charge in [-0.05, 0) is 6.07 Å². The summed E-state index contributed by atoms with van der Waals surface area (Å²) in [6, 6.07) is 0.877. The van der Waals surface area contributed by atoms with Crippen LogP contribution in [0, 0.1) is 0 Å². The summed E-state index contributed by atoms with van der Waals surface area (Å²) in [7, 11) is 0. The average molecular weight is 204 g/mol. The van der Waals surface area contributed by atoms with Crippen molar-refractivity contribution >= 4 is 6.41 Å². The van der Waals surface area contributed by atoms with Gasteiger partial charge in [0.25, 0.3) is 0 Å². The van der Waals surface area contributed by atoms with Gasteiger partial charge in [-0.15, -0.1) is 0 Å². The molecule has 0 aliphatic rings. The molecule has 0 bridgehead atoms. The summed E-state index contributed by atoms with van der Waals surface area (Å²) in [6.45, 7) is -0.174. The molecule has 0 spiro atoms. The van der Waals surface area contributed by atoms with Crippen LogP contribution in [-0.4, -0.2) is 11.4 Å². The second kappa shape index (κ2) is 4.08. The standard InChI is InChI=1S/C8H7F3N2O/c9-8(10,11)7-1-2-12-3-6(7)4-13-5-14/h1-3,5H,4H2,(H,13,14). The number of alkyl halides is 3. The molecular formula is C8H7F3N2O. The zero-order valence-electron chi connectivity index (χ0n) is 7.01. The van der Waals surface area contributed by atoms with Gasteiger partial charge in [0.05, 0.1) is 5.56 Å². The average Bonchev–Trinajstić information content (AvgIpc) is 2.14. The van der Waals surface area contributed by atoms with Crippen molar-refractivity contribution in [1.29, 1.82) is 0 Å². The lowest BCUT2D eigenvalue weighted by molar-refractivity contribution is -0.138. The summed E-state index contributed by atoms with van der Waals surface area (Å²) in [4.78, 5) is 13.5. The number of halogens is 3. The Kier molecular flexibility index (Phi) is 3.06. The van der Waals surface area contributed by atoms with Crippen molar-refractivity contribution in [2.24, 2.45) is 0 Å². The largest absolute Gasteiger partial charge is 0.416 e. The van der Waals surface area contributed by atoms with E-state index in [0.717, 1.165) is 18.5 Å². The van der Waals surface area contributed by atoms with Crippen LogP contribution in [0.4, 0.5) is 13.2 Å². The van der Waals surface area contributed by atoms with Crippen LogP contribution >= 0.6 is 0 Å². The molecule has 0 aromatic carbocycles. The fourth-order valence-corrected chi connectivity index (χ4v) is 0.996. The number of carbonyl (C=O) groups excluding carboxylic acids is 1.